The minimum atomic E-state index is -0.156. The number of hydrogen-bond acceptors (Lipinski definition) is 4. The fraction of sp³-hybridized carbons (Fsp3) is 0.333. The number of thiophene rings is 1. The van der Waals surface area contributed by atoms with Crippen molar-refractivity contribution in [2.75, 3.05) is 12.3 Å². The molecule has 6 heteroatoms. The summed E-state index contributed by atoms with van der Waals surface area (Å²) in [5, 5.41) is 7.96. The lowest BCUT2D eigenvalue weighted by molar-refractivity contribution is 0.0962. The number of nitrogens with two attached hydrogens (primary N) is 1. The number of anilines is 1. The van der Waals surface area contributed by atoms with Gasteiger partial charge in [0.1, 0.15) is 9.71 Å². The number of carbonyl (C=O) groups excluding carboxylic acids is 1. The van der Waals surface area contributed by atoms with E-state index in [1.807, 2.05) is 20.9 Å². The molecule has 96 valence electrons. The Balaban J connectivity index is 2.40. The Hall–Kier alpha value is -1.82. The first-order valence-electron chi connectivity index (χ1n) is 5.56. The minimum absolute atomic E-state index is 0.156. The number of nitrogens with zero attached hydrogens (tertiary/aromatic N) is 2. The maximum Gasteiger partial charge on any atom is 0.263 e. The number of carbonyl (C=O) groups is 1. The SMILES string of the molecule is C=C(C)CNC(=O)c1sc2c(c(C)nn2C)c1N. The van der Waals surface area contributed by atoms with E-state index in [1.165, 1.54) is 11.3 Å². The van der Waals surface area contributed by atoms with Crippen LogP contribution in [0, 0.1) is 6.92 Å². The highest BCUT2D eigenvalue weighted by Gasteiger charge is 2.20. The van der Waals surface area contributed by atoms with Crippen LogP contribution in [0.25, 0.3) is 10.2 Å². The Morgan fingerprint density at radius 1 is 1.61 bits per heavy atom. The molecule has 0 aliphatic carbocycles. The van der Waals surface area contributed by atoms with Crippen LogP contribution in [-0.4, -0.2) is 22.2 Å². The third kappa shape index (κ3) is 1.99. The number of rotatable bonds is 3. The smallest absolute Gasteiger partial charge is 0.263 e. The van der Waals surface area contributed by atoms with Gasteiger partial charge in [0.05, 0.1) is 16.8 Å². The van der Waals surface area contributed by atoms with E-state index >= 15 is 0 Å². The number of hydrogen-bond donors (Lipinski definition) is 2. The zero-order valence-corrected chi connectivity index (χ0v) is 11.5. The maximum absolute atomic E-state index is 12.0. The highest BCUT2D eigenvalue weighted by molar-refractivity contribution is 7.21. The second-order valence-corrected chi connectivity index (χ2v) is 5.37. The van der Waals surface area contributed by atoms with Crippen LogP contribution >= 0.6 is 11.3 Å². The minimum Gasteiger partial charge on any atom is -0.397 e. The van der Waals surface area contributed by atoms with Gasteiger partial charge in [-0.15, -0.1) is 11.3 Å². The van der Waals surface area contributed by atoms with Gasteiger partial charge in [-0.05, 0) is 13.8 Å². The third-order valence-corrected chi connectivity index (χ3v) is 3.91. The number of fused-ring (bicyclic) bond motifs is 1. The Kier molecular flexibility index (Phi) is 3.13. The molecule has 2 heterocycles. The van der Waals surface area contributed by atoms with Crippen molar-refractivity contribution in [2.45, 2.75) is 13.8 Å². The second-order valence-electron chi connectivity index (χ2n) is 4.37. The largest absolute Gasteiger partial charge is 0.397 e. The van der Waals surface area contributed by atoms with Gasteiger partial charge in [0.15, 0.2) is 0 Å². The number of nitrogens with one attached hydrogen (secondary N) is 1. The van der Waals surface area contributed by atoms with Crippen molar-refractivity contribution in [2.24, 2.45) is 7.05 Å². The molecule has 0 aromatic carbocycles. The molecular weight excluding hydrogens is 248 g/mol. The Bertz CT molecular complexity index is 638. The molecule has 0 fully saturated rings. The lowest BCUT2D eigenvalue weighted by Crippen LogP contribution is -2.24. The normalized spacial score (nSPS) is 10.8. The first-order valence-corrected chi connectivity index (χ1v) is 6.37. The van der Waals surface area contributed by atoms with Gasteiger partial charge in [-0.25, -0.2) is 0 Å². The molecule has 0 spiro atoms. The van der Waals surface area contributed by atoms with E-state index in [2.05, 4.69) is 17.0 Å². The predicted molar refractivity (Wildman–Crippen MR) is 74.9 cm³/mol. The van der Waals surface area contributed by atoms with Crippen LogP contribution in [-0.2, 0) is 7.05 Å². The Labute approximate surface area is 109 Å². The fourth-order valence-corrected chi connectivity index (χ4v) is 2.91. The molecule has 0 radical (unpaired) electrons. The van der Waals surface area contributed by atoms with Crippen molar-refractivity contribution in [3.63, 3.8) is 0 Å². The van der Waals surface area contributed by atoms with Crippen LogP contribution in [0.15, 0.2) is 12.2 Å². The van der Waals surface area contributed by atoms with E-state index in [0.29, 0.717) is 17.1 Å². The van der Waals surface area contributed by atoms with E-state index in [-0.39, 0.29) is 5.91 Å². The van der Waals surface area contributed by atoms with Gasteiger partial charge < -0.3 is 11.1 Å². The number of aryl methyl sites for hydroxylation is 2. The molecule has 2 rings (SSSR count). The molecule has 0 atom stereocenters. The van der Waals surface area contributed by atoms with Gasteiger partial charge in [-0.1, -0.05) is 12.2 Å². The number of aromatic nitrogens is 2. The summed E-state index contributed by atoms with van der Waals surface area (Å²) in [6.45, 7) is 7.96. The van der Waals surface area contributed by atoms with E-state index in [9.17, 15) is 4.79 Å². The van der Waals surface area contributed by atoms with E-state index in [4.69, 9.17) is 5.73 Å². The van der Waals surface area contributed by atoms with Crippen molar-refractivity contribution >= 4 is 33.1 Å². The predicted octanol–water partition coefficient (Wildman–Crippen LogP) is 1.83. The first-order chi connectivity index (χ1) is 8.41. The Morgan fingerprint density at radius 3 is 2.83 bits per heavy atom. The summed E-state index contributed by atoms with van der Waals surface area (Å²) in [7, 11) is 1.85. The van der Waals surface area contributed by atoms with E-state index in [1.54, 1.807) is 4.68 Å². The zero-order chi connectivity index (χ0) is 13.4. The van der Waals surface area contributed by atoms with Crippen molar-refractivity contribution in [3.05, 3.63) is 22.7 Å². The van der Waals surface area contributed by atoms with E-state index < -0.39 is 0 Å². The summed E-state index contributed by atoms with van der Waals surface area (Å²) in [4.78, 5) is 13.5. The summed E-state index contributed by atoms with van der Waals surface area (Å²) in [5.74, 6) is -0.156. The van der Waals surface area contributed by atoms with Crippen LogP contribution in [0.5, 0.6) is 0 Å². The summed E-state index contributed by atoms with van der Waals surface area (Å²) in [5.41, 5.74) is 8.30. The van der Waals surface area contributed by atoms with Crippen LogP contribution < -0.4 is 11.1 Å². The summed E-state index contributed by atoms with van der Waals surface area (Å²) < 4.78 is 1.75. The van der Waals surface area contributed by atoms with E-state index in [0.717, 1.165) is 21.5 Å². The maximum atomic E-state index is 12.0. The monoisotopic (exact) mass is 264 g/mol. The van der Waals surface area contributed by atoms with Crippen LogP contribution in [0.4, 0.5) is 5.69 Å². The second kappa shape index (κ2) is 4.45. The summed E-state index contributed by atoms with van der Waals surface area (Å²) in [6, 6.07) is 0. The molecule has 2 aromatic heterocycles. The topological polar surface area (TPSA) is 72.9 Å². The summed E-state index contributed by atoms with van der Waals surface area (Å²) >= 11 is 1.36. The molecule has 5 nitrogen and oxygen atoms in total. The van der Waals surface area contributed by atoms with Crippen molar-refractivity contribution in [1.29, 1.82) is 0 Å². The average molecular weight is 264 g/mol. The van der Waals surface area contributed by atoms with Gasteiger partial charge in [-0.2, -0.15) is 5.10 Å². The highest BCUT2D eigenvalue weighted by atomic mass is 32.1. The van der Waals surface area contributed by atoms with Gasteiger partial charge in [-0.3, -0.25) is 9.48 Å². The van der Waals surface area contributed by atoms with Gasteiger partial charge in [0.25, 0.3) is 5.91 Å². The molecule has 3 N–H and O–H groups in total. The zero-order valence-electron chi connectivity index (χ0n) is 10.7. The molecule has 0 aliphatic rings. The first kappa shape index (κ1) is 12.6. The van der Waals surface area contributed by atoms with Crippen LogP contribution in [0.1, 0.15) is 22.3 Å². The number of amides is 1. The van der Waals surface area contributed by atoms with Crippen LogP contribution in [0.2, 0.25) is 0 Å². The molecule has 0 bridgehead atoms. The highest BCUT2D eigenvalue weighted by Crippen LogP contribution is 2.35. The fourth-order valence-electron chi connectivity index (χ4n) is 1.81. The molecule has 0 saturated carbocycles. The van der Waals surface area contributed by atoms with Gasteiger partial charge >= 0.3 is 0 Å². The average Bonchev–Trinajstić information content (AvgIpc) is 2.76. The molecule has 18 heavy (non-hydrogen) atoms. The molecular formula is C12H16N4OS. The van der Waals surface area contributed by atoms with Gasteiger partial charge in [0, 0.05) is 13.6 Å². The lowest BCUT2D eigenvalue weighted by atomic mass is 10.2. The van der Waals surface area contributed by atoms with Crippen molar-refractivity contribution in [1.82, 2.24) is 15.1 Å². The standard InChI is InChI=1S/C12H16N4OS/c1-6(2)5-14-11(17)10-9(13)8-7(3)15-16(4)12(8)18-10/h1,5,13H2,2-4H3,(H,14,17). The quantitative estimate of drug-likeness (QED) is 0.831. The molecule has 0 aliphatic heterocycles. The Morgan fingerprint density at radius 2 is 2.28 bits per heavy atom. The molecule has 0 saturated heterocycles. The summed E-state index contributed by atoms with van der Waals surface area (Å²) in [6.07, 6.45) is 0. The molecule has 1 amide bonds. The third-order valence-electron chi connectivity index (χ3n) is 2.64. The number of nitrogen functional groups attached to an aromatic ring is 1. The van der Waals surface area contributed by atoms with Gasteiger partial charge in [0.2, 0.25) is 0 Å². The lowest BCUT2D eigenvalue weighted by Gasteiger charge is -2.03. The molecule has 2 aromatic rings. The molecule has 0 unspecified atom stereocenters. The van der Waals surface area contributed by atoms with Crippen molar-refractivity contribution in [3.8, 4) is 0 Å². The van der Waals surface area contributed by atoms with Crippen molar-refractivity contribution < 1.29 is 4.79 Å². The van der Waals surface area contributed by atoms with Crippen LogP contribution in [0.3, 0.4) is 0 Å².